The van der Waals surface area contributed by atoms with Gasteiger partial charge in [0.25, 0.3) is 5.89 Å². The van der Waals surface area contributed by atoms with Crippen molar-refractivity contribution in [2.75, 3.05) is 0 Å². The minimum absolute atomic E-state index is 0.337. The highest BCUT2D eigenvalue weighted by Gasteiger charge is 2.28. The van der Waals surface area contributed by atoms with E-state index in [4.69, 9.17) is 8.83 Å². The number of furan rings is 1. The molecule has 1 N–H and O–H groups in total. The summed E-state index contributed by atoms with van der Waals surface area (Å²) >= 11 is 0. The zero-order valence-corrected chi connectivity index (χ0v) is 12.8. The second kappa shape index (κ2) is 6.38. The lowest BCUT2D eigenvalue weighted by atomic mass is 9.77. The smallest absolute Gasteiger partial charge is 0.283 e. The molecule has 1 aliphatic rings. The van der Waals surface area contributed by atoms with Gasteiger partial charge in [-0.3, -0.25) is 0 Å². The fourth-order valence-corrected chi connectivity index (χ4v) is 3.01. The standard InChI is InChI=1S/C18H19N3O2/c1-2-6-13(7-3-1)17(14-8-4-9-14)19-12-16-20-21-18(23-16)15-10-5-11-22-15/h1-3,5-7,10-11,14,17,19H,4,8-9,12H2/t17-/m1/s1. The first-order chi connectivity index (χ1) is 11.4. The van der Waals surface area contributed by atoms with E-state index < -0.39 is 0 Å². The van der Waals surface area contributed by atoms with Gasteiger partial charge in [-0.1, -0.05) is 36.8 Å². The quantitative estimate of drug-likeness (QED) is 0.746. The Bertz CT molecular complexity index is 733. The molecule has 1 atom stereocenters. The number of benzene rings is 1. The van der Waals surface area contributed by atoms with Gasteiger partial charge in [0.15, 0.2) is 5.76 Å². The summed E-state index contributed by atoms with van der Waals surface area (Å²) in [4.78, 5) is 0. The van der Waals surface area contributed by atoms with Crippen molar-refractivity contribution in [2.24, 2.45) is 5.92 Å². The summed E-state index contributed by atoms with van der Waals surface area (Å²) in [5, 5.41) is 11.7. The van der Waals surface area contributed by atoms with Crippen molar-refractivity contribution in [2.45, 2.75) is 31.8 Å². The van der Waals surface area contributed by atoms with Gasteiger partial charge in [-0.15, -0.1) is 10.2 Å². The van der Waals surface area contributed by atoms with Crippen LogP contribution in [0.1, 0.15) is 36.8 Å². The number of hydrogen-bond donors (Lipinski definition) is 1. The van der Waals surface area contributed by atoms with Gasteiger partial charge in [0.2, 0.25) is 5.89 Å². The fourth-order valence-electron chi connectivity index (χ4n) is 3.01. The molecule has 1 aliphatic carbocycles. The SMILES string of the molecule is c1ccc([C@@H](NCc2nnc(-c3ccco3)o2)C2CCC2)cc1. The monoisotopic (exact) mass is 309 g/mol. The number of nitrogens with one attached hydrogen (secondary N) is 1. The average molecular weight is 309 g/mol. The van der Waals surface area contributed by atoms with E-state index in [-0.39, 0.29) is 0 Å². The summed E-state index contributed by atoms with van der Waals surface area (Å²) < 4.78 is 10.9. The Hall–Kier alpha value is -2.40. The molecule has 5 nitrogen and oxygen atoms in total. The van der Waals surface area contributed by atoms with Crippen molar-refractivity contribution in [1.29, 1.82) is 0 Å². The molecule has 2 heterocycles. The van der Waals surface area contributed by atoms with Crippen LogP contribution in [0.15, 0.2) is 57.6 Å². The van der Waals surface area contributed by atoms with Crippen LogP contribution < -0.4 is 5.32 Å². The lowest BCUT2D eigenvalue weighted by Crippen LogP contribution is -2.32. The molecule has 1 aromatic carbocycles. The van der Waals surface area contributed by atoms with Crippen LogP contribution in [0.3, 0.4) is 0 Å². The molecule has 5 heteroatoms. The second-order valence-corrected chi connectivity index (χ2v) is 5.94. The van der Waals surface area contributed by atoms with Crippen LogP contribution in [0.4, 0.5) is 0 Å². The predicted molar refractivity (Wildman–Crippen MR) is 85.4 cm³/mol. The van der Waals surface area contributed by atoms with Gasteiger partial charge in [0, 0.05) is 6.04 Å². The first-order valence-corrected chi connectivity index (χ1v) is 8.05. The zero-order valence-electron chi connectivity index (χ0n) is 12.8. The minimum atomic E-state index is 0.337. The maximum Gasteiger partial charge on any atom is 0.283 e. The molecule has 0 radical (unpaired) electrons. The zero-order chi connectivity index (χ0) is 15.5. The molecule has 23 heavy (non-hydrogen) atoms. The van der Waals surface area contributed by atoms with E-state index in [0.29, 0.717) is 36.0 Å². The molecule has 0 bridgehead atoms. The molecular weight excluding hydrogens is 290 g/mol. The third-order valence-corrected chi connectivity index (χ3v) is 4.45. The summed E-state index contributed by atoms with van der Waals surface area (Å²) in [5.41, 5.74) is 1.32. The topological polar surface area (TPSA) is 64.1 Å². The van der Waals surface area contributed by atoms with Crippen LogP contribution in [0.5, 0.6) is 0 Å². The highest BCUT2D eigenvalue weighted by Crippen LogP contribution is 2.37. The Balaban J connectivity index is 1.46. The van der Waals surface area contributed by atoms with Crippen LogP contribution in [-0.2, 0) is 6.54 Å². The second-order valence-electron chi connectivity index (χ2n) is 5.94. The highest BCUT2D eigenvalue weighted by molar-refractivity contribution is 5.42. The summed E-state index contributed by atoms with van der Waals surface area (Å²) in [6, 6.07) is 14.5. The van der Waals surface area contributed by atoms with E-state index >= 15 is 0 Å². The average Bonchev–Trinajstić information content (AvgIpc) is 3.21. The molecule has 0 spiro atoms. The van der Waals surface area contributed by atoms with Gasteiger partial charge < -0.3 is 14.2 Å². The van der Waals surface area contributed by atoms with Crippen LogP contribution in [0.25, 0.3) is 11.7 Å². The molecule has 0 saturated heterocycles. The Labute approximate surface area is 134 Å². The molecule has 3 aromatic rings. The molecule has 2 aromatic heterocycles. The normalized spacial score (nSPS) is 16.2. The maximum atomic E-state index is 5.67. The van der Waals surface area contributed by atoms with Crippen molar-refractivity contribution in [1.82, 2.24) is 15.5 Å². The fraction of sp³-hybridized carbons (Fsp3) is 0.333. The van der Waals surface area contributed by atoms with Gasteiger partial charge in [-0.05, 0) is 36.5 Å². The van der Waals surface area contributed by atoms with Crippen LogP contribution >= 0.6 is 0 Å². The Kier molecular flexibility index (Phi) is 3.94. The molecule has 0 amide bonds. The molecule has 1 fully saturated rings. The molecule has 0 unspecified atom stereocenters. The predicted octanol–water partition coefficient (Wildman–Crippen LogP) is 3.96. The van der Waals surface area contributed by atoms with E-state index in [1.807, 2.05) is 6.07 Å². The first kappa shape index (κ1) is 14.2. The number of hydrogen-bond acceptors (Lipinski definition) is 5. The van der Waals surface area contributed by atoms with E-state index in [0.717, 1.165) is 0 Å². The third-order valence-electron chi connectivity index (χ3n) is 4.45. The van der Waals surface area contributed by atoms with Crippen molar-refractivity contribution in [3.63, 3.8) is 0 Å². The third kappa shape index (κ3) is 3.05. The number of rotatable bonds is 6. The lowest BCUT2D eigenvalue weighted by Gasteiger charge is -2.34. The summed E-state index contributed by atoms with van der Waals surface area (Å²) in [5.74, 6) is 2.29. The minimum Gasteiger partial charge on any atom is -0.459 e. The van der Waals surface area contributed by atoms with Gasteiger partial charge in [-0.2, -0.15) is 0 Å². The maximum absolute atomic E-state index is 5.67. The van der Waals surface area contributed by atoms with Gasteiger partial charge >= 0.3 is 0 Å². The molecule has 1 saturated carbocycles. The molecule has 118 valence electrons. The number of aromatic nitrogens is 2. The molecule has 4 rings (SSSR count). The lowest BCUT2D eigenvalue weighted by molar-refractivity contribution is 0.225. The van der Waals surface area contributed by atoms with Gasteiger partial charge in [0.1, 0.15) is 0 Å². The van der Waals surface area contributed by atoms with E-state index in [1.165, 1.54) is 24.8 Å². The Morgan fingerprint density at radius 2 is 1.96 bits per heavy atom. The van der Waals surface area contributed by atoms with E-state index in [2.05, 4.69) is 45.8 Å². The van der Waals surface area contributed by atoms with Crippen LogP contribution in [0.2, 0.25) is 0 Å². The van der Waals surface area contributed by atoms with E-state index in [9.17, 15) is 0 Å². The largest absolute Gasteiger partial charge is 0.459 e. The van der Waals surface area contributed by atoms with Crippen molar-refractivity contribution in [3.05, 3.63) is 60.2 Å². The van der Waals surface area contributed by atoms with Crippen LogP contribution in [0, 0.1) is 5.92 Å². The first-order valence-electron chi connectivity index (χ1n) is 8.05. The molecule has 0 aliphatic heterocycles. The van der Waals surface area contributed by atoms with Crippen molar-refractivity contribution in [3.8, 4) is 11.7 Å². The Morgan fingerprint density at radius 3 is 2.65 bits per heavy atom. The summed E-state index contributed by atoms with van der Waals surface area (Å²) in [6.45, 7) is 0.559. The van der Waals surface area contributed by atoms with Gasteiger partial charge in [-0.25, -0.2) is 0 Å². The van der Waals surface area contributed by atoms with Crippen LogP contribution in [-0.4, -0.2) is 10.2 Å². The van der Waals surface area contributed by atoms with Crippen molar-refractivity contribution < 1.29 is 8.83 Å². The summed E-state index contributed by atoms with van der Waals surface area (Å²) in [6.07, 6.45) is 5.46. The van der Waals surface area contributed by atoms with Crippen molar-refractivity contribution >= 4 is 0 Å². The highest BCUT2D eigenvalue weighted by atomic mass is 16.4. The summed E-state index contributed by atoms with van der Waals surface area (Å²) in [7, 11) is 0. The number of nitrogens with zero attached hydrogens (tertiary/aromatic N) is 2. The Morgan fingerprint density at radius 1 is 1.09 bits per heavy atom. The van der Waals surface area contributed by atoms with Gasteiger partial charge in [0.05, 0.1) is 12.8 Å². The molecular formula is C18H19N3O2. The van der Waals surface area contributed by atoms with E-state index in [1.54, 1.807) is 12.3 Å².